The van der Waals surface area contributed by atoms with Gasteiger partial charge in [0, 0.05) is 30.7 Å². The van der Waals surface area contributed by atoms with Crippen LogP contribution in [0.1, 0.15) is 12.5 Å². The first-order valence-corrected chi connectivity index (χ1v) is 5.74. The third-order valence-electron chi connectivity index (χ3n) is 2.54. The first-order chi connectivity index (χ1) is 9.06. The maximum Gasteiger partial charge on any atom is 0.331 e. The smallest absolute Gasteiger partial charge is 0.326 e. The number of benzene rings is 1. The van der Waals surface area contributed by atoms with Crippen LogP contribution >= 0.6 is 0 Å². The van der Waals surface area contributed by atoms with Crippen LogP contribution in [-0.2, 0) is 4.79 Å². The van der Waals surface area contributed by atoms with E-state index in [1.165, 1.54) is 24.0 Å². The molecule has 0 aliphatic rings. The molecule has 2 rings (SSSR count). The summed E-state index contributed by atoms with van der Waals surface area (Å²) in [5.74, 6) is -0.152. The van der Waals surface area contributed by atoms with Gasteiger partial charge in [0.05, 0.1) is 0 Å². The molecule has 2 amide bonds. The molecule has 0 radical (unpaired) electrons. The summed E-state index contributed by atoms with van der Waals surface area (Å²) in [7, 11) is 0. The summed E-state index contributed by atoms with van der Waals surface area (Å²) in [6.45, 7) is 3.32. The average Bonchev–Trinajstić information content (AvgIpc) is 2.86. The van der Waals surface area contributed by atoms with Crippen molar-refractivity contribution >= 4 is 23.3 Å². The molecular formula is C13H14N4O2. The van der Waals surface area contributed by atoms with Crippen LogP contribution in [0.25, 0.3) is 0 Å². The van der Waals surface area contributed by atoms with Crippen molar-refractivity contribution in [3.63, 3.8) is 0 Å². The van der Waals surface area contributed by atoms with E-state index in [4.69, 9.17) is 0 Å². The molecule has 0 fully saturated rings. The van der Waals surface area contributed by atoms with Crippen LogP contribution in [0.3, 0.4) is 0 Å². The summed E-state index contributed by atoms with van der Waals surface area (Å²) in [6, 6.07) is 5.01. The predicted molar refractivity (Wildman–Crippen MR) is 72.1 cm³/mol. The number of anilines is 2. The SMILES string of the molecule is CC(=O)Nc1cc(NC(=O)n2ccnc2)ccc1C. The number of aromatic nitrogens is 2. The highest BCUT2D eigenvalue weighted by molar-refractivity contribution is 5.94. The molecule has 1 aromatic heterocycles. The fraction of sp³-hybridized carbons (Fsp3) is 0.154. The van der Waals surface area contributed by atoms with Gasteiger partial charge in [0.15, 0.2) is 0 Å². The predicted octanol–water partition coefficient (Wildman–Crippen LogP) is 2.23. The van der Waals surface area contributed by atoms with Gasteiger partial charge in [-0.3, -0.25) is 9.36 Å². The molecule has 0 bridgehead atoms. The number of nitrogens with one attached hydrogen (secondary N) is 2. The van der Waals surface area contributed by atoms with E-state index >= 15 is 0 Å². The molecule has 0 saturated carbocycles. The molecule has 0 aliphatic carbocycles. The zero-order valence-corrected chi connectivity index (χ0v) is 10.7. The monoisotopic (exact) mass is 258 g/mol. The van der Waals surface area contributed by atoms with E-state index in [-0.39, 0.29) is 11.9 Å². The number of imidazole rings is 1. The fourth-order valence-electron chi connectivity index (χ4n) is 1.59. The first-order valence-electron chi connectivity index (χ1n) is 5.74. The summed E-state index contributed by atoms with van der Waals surface area (Å²) in [5, 5.41) is 5.43. The van der Waals surface area contributed by atoms with Gasteiger partial charge in [-0.05, 0) is 24.6 Å². The Morgan fingerprint density at radius 3 is 2.68 bits per heavy atom. The molecule has 1 heterocycles. The number of carbonyl (C=O) groups is 2. The molecule has 1 aromatic carbocycles. The Balaban J connectivity index is 2.17. The molecule has 6 nitrogen and oxygen atoms in total. The molecule has 2 aromatic rings. The van der Waals surface area contributed by atoms with Crippen LogP contribution in [0.5, 0.6) is 0 Å². The summed E-state index contributed by atoms with van der Waals surface area (Å²) in [5.41, 5.74) is 2.21. The summed E-state index contributed by atoms with van der Waals surface area (Å²) in [4.78, 5) is 26.7. The van der Waals surface area contributed by atoms with Crippen LogP contribution in [-0.4, -0.2) is 21.5 Å². The molecule has 0 atom stereocenters. The normalized spacial score (nSPS) is 10.0. The third-order valence-corrected chi connectivity index (χ3v) is 2.54. The molecule has 19 heavy (non-hydrogen) atoms. The molecule has 0 unspecified atom stereocenters. The number of rotatable bonds is 2. The first kappa shape index (κ1) is 12.8. The minimum Gasteiger partial charge on any atom is -0.326 e. The highest BCUT2D eigenvalue weighted by Crippen LogP contribution is 2.20. The van der Waals surface area contributed by atoms with E-state index in [2.05, 4.69) is 15.6 Å². The van der Waals surface area contributed by atoms with Gasteiger partial charge in [0.1, 0.15) is 6.33 Å². The fourth-order valence-corrected chi connectivity index (χ4v) is 1.59. The Morgan fingerprint density at radius 2 is 2.05 bits per heavy atom. The lowest BCUT2D eigenvalue weighted by Gasteiger charge is -2.10. The number of hydrogen-bond acceptors (Lipinski definition) is 3. The van der Waals surface area contributed by atoms with Gasteiger partial charge in [-0.2, -0.15) is 0 Å². The van der Waals surface area contributed by atoms with Crippen molar-refractivity contribution in [2.75, 3.05) is 10.6 Å². The Labute approximate surface area is 110 Å². The number of aryl methyl sites for hydroxylation is 1. The minimum atomic E-state index is -0.310. The Morgan fingerprint density at radius 1 is 1.26 bits per heavy atom. The van der Waals surface area contributed by atoms with Crippen LogP contribution in [0.2, 0.25) is 0 Å². The van der Waals surface area contributed by atoms with Crippen LogP contribution < -0.4 is 10.6 Å². The van der Waals surface area contributed by atoms with E-state index in [1.54, 1.807) is 18.3 Å². The number of carbonyl (C=O) groups excluding carboxylic acids is 2. The molecule has 2 N–H and O–H groups in total. The van der Waals surface area contributed by atoms with Gasteiger partial charge in [-0.15, -0.1) is 0 Å². The van der Waals surface area contributed by atoms with Crippen molar-refractivity contribution < 1.29 is 9.59 Å². The molecule has 98 valence electrons. The largest absolute Gasteiger partial charge is 0.331 e. The quantitative estimate of drug-likeness (QED) is 0.867. The summed E-state index contributed by atoms with van der Waals surface area (Å²) >= 11 is 0. The van der Waals surface area contributed by atoms with E-state index in [1.807, 2.05) is 13.0 Å². The summed E-state index contributed by atoms with van der Waals surface area (Å²) < 4.78 is 1.33. The van der Waals surface area contributed by atoms with E-state index < -0.39 is 0 Å². The Hall–Kier alpha value is -2.63. The van der Waals surface area contributed by atoms with Gasteiger partial charge >= 0.3 is 6.03 Å². The maximum absolute atomic E-state index is 11.8. The van der Waals surface area contributed by atoms with Crippen LogP contribution in [0.4, 0.5) is 16.2 Å². The minimum absolute atomic E-state index is 0.152. The molecule has 0 spiro atoms. The van der Waals surface area contributed by atoms with Gasteiger partial charge in [0.2, 0.25) is 5.91 Å². The Bertz CT molecular complexity index is 605. The number of hydrogen-bond donors (Lipinski definition) is 2. The molecule has 0 aliphatic heterocycles. The second-order valence-electron chi connectivity index (χ2n) is 4.11. The van der Waals surface area contributed by atoms with Gasteiger partial charge in [-0.1, -0.05) is 6.07 Å². The zero-order valence-electron chi connectivity index (χ0n) is 10.7. The lowest BCUT2D eigenvalue weighted by molar-refractivity contribution is -0.114. The van der Waals surface area contributed by atoms with Crippen molar-refractivity contribution in [2.45, 2.75) is 13.8 Å². The van der Waals surface area contributed by atoms with Crippen molar-refractivity contribution in [1.82, 2.24) is 9.55 Å². The lowest BCUT2D eigenvalue weighted by atomic mass is 10.2. The van der Waals surface area contributed by atoms with Gasteiger partial charge in [-0.25, -0.2) is 9.78 Å². The number of amides is 2. The van der Waals surface area contributed by atoms with Gasteiger partial charge in [0.25, 0.3) is 0 Å². The lowest BCUT2D eigenvalue weighted by Crippen LogP contribution is -2.18. The highest BCUT2D eigenvalue weighted by Gasteiger charge is 2.06. The second-order valence-corrected chi connectivity index (χ2v) is 4.11. The van der Waals surface area contributed by atoms with Gasteiger partial charge < -0.3 is 10.6 Å². The van der Waals surface area contributed by atoms with E-state index in [9.17, 15) is 9.59 Å². The van der Waals surface area contributed by atoms with Crippen molar-refractivity contribution in [2.24, 2.45) is 0 Å². The van der Waals surface area contributed by atoms with E-state index in [0.717, 1.165) is 5.56 Å². The van der Waals surface area contributed by atoms with E-state index in [0.29, 0.717) is 11.4 Å². The third kappa shape index (κ3) is 3.19. The van der Waals surface area contributed by atoms with Crippen molar-refractivity contribution in [3.05, 3.63) is 42.5 Å². The zero-order chi connectivity index (χ0) is 13.8. The average molecular weight is 258 g/mol. The van der Waals surface area contributed by atoms with Crippen LogP contribution in [0, 0.1) is 6.92 Å². The maximum atomic E-state index is 11.8. The topological polar surface area (TPSA) is 76.0 Å². The standard InChI is InChI=1S/C13H14N4O2/c1-9-3-4-11(7-12(9)15-10(2)18)16-13(19)17-6-5-14-8-17/h3-8H,1-2H3,(H,15,18)(H,16,19). The van der Waals surface area contributed by atoms with Crippen molar-refractivity contribution in [1.29, 1.82) is 0 Å². The molecule has 6 heteroatoms. The van der Waals surface area contributed by atoms with Crippen LogP contribution in [0.15, 0.2) is 36.9 Å². The molecular weight excluding hydrogens is 244 g/mol. The summed E-state index contributed by atoms with van der Waals surface area (Å²) in [6.07, 6.45) is 4.49. The Kier molecular flexibility index (Phi) is 3.61. The second kappa shape index (κ2) is 5.34. The number of nitrogens with zero attached hydrogens (tertiary/aromatic N) is 2. The molecule has 0 saturated heterocycles. The van der Waals surface area contributed by atoms with Crippen molar-refractivity contribution in [3.8, 4) is 0 Å². The highest BCUT2D eigenvalue weighted by atomic mass is 16.2.